The van der Waals surface area contributed by atoms with Crippen LogP contribution in [0.5, 0.6) is 0 Å². The second kappa shape index (κ2) is 4.77. The van der Waals surface area contributed by atoms with E-state index in [1.807, 2.05) is 13.8 Å². The molecule has 1 fully saturated rings. The van der Waals surface area contributed by atoms with Crippen LogP contribution in [0.25, 0.3) is 0 Å². The van der Waals surface area contributed by atoms with Crippen molar-refractivity contribution in [3.8, 4) is 6.07 Å². The Balaban J connectivity index is 2.57. The van der Waals surface area contributed by atoms with Crippen LogP contribution < -0.4 is 0 Å². The molecule has 1 aliphatic rings. The molecule has 0 aromatic rings. The first-order chi connectivity index (χ1) is 6.59. The predicted molar refractivity (Wildman–Crippen MR) is 53.6 cm³/mol. The Labute approximate surface area is 85.7 Å². The molecule has 0 aromatic heterocycles. The second-order valence-corrected chi connectivity index (χ2v) is 4.52. The first-order valence-electron chi connectivity index (χ1n) is 5.27. The largest absolute Gasteiger partial charge is 0.393 e. The van der Waals surface area contributed by atoms with Crippen molar-refractivity contribution in [3.63, 3.8) is 0 Å². The van der Waals surface area contributed by atoms with Crippen LogP contribution in [0.3, 0.4) is 0 Å². The Morgan fingerprint density at radius 1 is 1.43 bits per heavy atom. The van der Waals surface area contributed by atoms with E-state index in [-0.39, 0.29) is 17.4 Å². The first-order valence-corrected chi connectivity index (χ1v) is 5.27. The van der Waals surface area contributed by atoms with Gasteiger partial charge in [-0.05, 0) is 25.2 Å². The zero-order chi connectivity index (χ0) is 10.6. The van der Waals surface area contributed by atoms with E-state index in [0.29, 0.717) is 19.6 Å². The van der Waals surface area contributed by atoms with E-state index in [0.717, 1.165) is 12.8 Å². The molecule has 0 radical (unpaired) electrons. The van der Waals surface area contributed by atoms with E-state index >= 15 is 0 Å². The molecule has 0 aliphatic carbocycles. The lowest BCUT2D eigenvalue weighted by molar-refractivity contribution is 0.00408. The van der Waals surface area contributed by atoms with Crippen molar-refractivity contribution in [2.75, 3.05) is 13.2 Å². The summed E-state index contributed by atoms with van der Waals surface area (Å²) in [5.41, 5.74) is -0.345. The Kier molecular flexibility index (Phi) is 3.91. The molecular formula is C11H19NO2. The third-order valence-electron chi connectivity index (χ3n) is 3.06. The summed E-state index contributed by atoms with van der Waals surface area (Å²) in [7, 11) is 0. The van der Waals surface area contributed by atoms with E-state index < -0.39 is 0 Å². The van der Waals surface area contributed by atoms with Gasteiger partial charge < -0.3 is 9.84 Å². The molecule has 1 unspecified atom stereocenters. The maximum Gasteiger partial charge on any atom is 0.0692 e. The number of aliphatic hydroxyl groups is 1. The third-order valence-corrected chi connectivity index (χ3v) is 3.06. The van der Waals surface area contributed by atoms with E-state index in [4.69, 9.17) is 10.00 Å². The number of hydrogen-bond donors (Lipinski definition) is 1. The summed E-state index contributed by atoms with van der Waals surface area (Å²) in [6.07, 6.45) is 1.73. The van der Waals surface area contributed by atoms with Crippen molar-refractivity contribution in [1.29, 1.82) is 5.26 Å². The van der Waals surface area contributed by atoms with Gasteiger partial charge in [-0.2, -0.15) is 5.26 Å². The van der Waals surface area contributed by atoms with Gasteiger partial charge in [0.2, 0.25) is 0 Å². The normalized spacial score (nSPS) is 23.1. The van der Waals surface area contributed by atoms with Crippen LogP contribution in [0.1, 0.15) is 33.1 Å². The Morgan fingerprint density at radius 2 is 2.00 bits per heavy atom. The van der Waals surface area contributed by atoms with E-state index in [9.17, 15) is 5.11 Å². The van der Waals surface area contributed by atoms with Gasteiger partial charge in [-0.15, -0.1) is 0 Å². The molecule has 1 heterocycles. The standard InChI is InChI=1S/C11H19NO2/c1-9(2)10(13)7-11(8-12)3-5-14-6-4-11/h9-10,13H,3-7H2,1-2H3. The van der Waals surface area contributed by atoms with Crippen molar-refractivity contribution in [2.45, 2.75) is 39.2 Å². The maximum absolute atomic E-state index is 9.78. The van der Waals surface area contributed by atoms with Crippen LogP contribution >= 0.6 is 0 Å². The fourth-order valence-corrected chi connectivity index (χ4v) is 1.76. The second-order valence-electron chi connectivity index (χ2n) is 4.52. The van der Waals surface area contributed by atoms with E-state index in [1.54, 1.807) is 0 Å². The van der Waals surface area contributed by atoms with Gasteiger partial charge >= 0.3 is 0 Å². The van der Waals surface area contributed by atoms with Crippen molar-refractivity contribution >= 4 is 0 Å². The van der Waals surface area contributed by atoms with Crippen LogP contribution in [-0.4, -0.2) is 24.4 Å². The lowest BCUT2D eigenvalue weighted by Crippen LogP contribution is -2.33. The highest BCUT2D eigenvalue weighted by Crippen LogP contribution is 2.35. The van der Waals surface area contributed by atoms with Crippen LogP contribution in [0.2, 0.25) is 0 Å². The molecule has 1 atom stereocenters. The lowest BCUT2D eigenvalue weighted by atomic mass is 9.75. The molecule has 1 aliphatic heterocycles. The van der Waals surface area contributed by atoms with Crippen molar-refractivity contribution in [1.82, 2.24) is 0 Å². The van der Waals surface area contributed by atoms with Crippen LogP contribution in [0.4, 0.5) is 0 Å². The molecule has 1 rings (SSSR count). The van der Waals surface area contributed by atoms with Gasteiger partial charge in [0.1, 0.15) is 0 Å². The Hall–Kier alpha value is -0.590. The molecule has 1 saturated heterocycles. The van der Waals surface area contributed by atoms with Gasteiger partial charge in [0.15, 0.2) is 0 Å². The van der Waals surface area contributed by atoms with Crippen LogP contribution in [0.15, 0.2) is 0 Å². The van der Waals surface area contributed by atoms with Gasteiger partial charge in [-0.1, -0.05) is 13.8 Å². The summed E-state index contributed by atoms with van der Waals surface area (Å²) in [5.74, 6) is 0.225. The summed E-state index contributed by atoms with van der Waals surface area (Å²) in [5, 5.41) is 18.9. The molecule has 0 aromatic carbocycles. The monoisotopic (exact) mass is 197 g/mol. The number of nitrogens with zero attached hydrogens (tertiary/aromatic N) is 1. The Morgan fingerprint density at radius 3 is 2.43 bits per heavy atom. The summed E-state index contributed by atoms with van der Waals surface area (Å²) in [6.45, 7) is 5.26. The average molecular weight is 197 g/mol. The highest BCUT2D eigenvalue weighted by molar-refractivity contribution is 5.01. The summed E-state index contributed by atoms with van der Waals surface area (Å²) in [4.78, 5) is 0. The van der Waals surface area contributed by atoms with E-state index in [2.05, 4.69) is 6.07 Å². The molecule has 0 bridgehead atoms. The summed E-state index contributed by atoms with van der Waals surface area (Å²) >= 11 is 0. The van der Waals surface area contributed by atoms with Gasteiger partial charge in [-0.3, -0.25) is 0 Å². The minimum Gasteiger partial charge on any atom is -0.393 e. The molecule has 3 nitrogen and oxygen atoms in total. The number of nitriles is 1. The van der Waals surface area contributed by atoms with Gasteiger partial charge in [-0.25, -0.2) is 0 Å². The average Bonchev–Trinajstić information content (AvgIpc) is 2.19. The lowest BCUT2D eigenvalue weighted by Gasteiger charge is -2.33. The number of rotatable bonds is 3. The van der Waals surface area contributed by atoms with E-state index in [1.165, 1.54) is 0 Å². The molecule has 1 N–H and O–H groups in total. The van der Waals surface area contributed by atoms with Crippen molar-refractivity contribution < 1.29 is 9.84 Å². The highest BCUT2D eigenvalue weighted by Gasteiger charge is 2.35. The molecular weight excluding hydrogens is 178 g/mol. The number of aliphatic hydroxyl groups excluding tert-OH is 1. The smallest absolute Gasteiger partial charge is 0.0692 e. The molecule has 80 valence electrons. The SMILES string of the molecule is CC(C)C(O)CC1(C#N)CCOCC1. The Bertz CT molecular complexity index is 214. The first kappa shape index (κ1) is 11.5. The molecule has 14 heavy (non-hydrogen) atoms. The minimum absolute atomic E-state index is 0.225. The van der Waals surface area contributed by atoms with Gasteiger partial charge in [0.05, 0.1) is 17.6 Å². The molecule has 0 spiro atoms. The summed E-state index contributed by atoms with van der Waals surface area (Å²) in [6, 6.07) is 2.36. The fraction of sp³-hybridized carbons (Fsp3) is 0.909. The molecule has 0 saturated carbocycles. The predicted octanol–water partition coefficient (Wildman–Crippen LogP) is 1.71. The quantitative estimate of drug-likeness (QED) is 0.749. The molecule has 0 amide bonds. The third kappa shape index (κ3) is 2.70. The number of ether oxygens (including phenoxy) is 1. The topological polar surface area (TPSA) is 53.2 Å². The van der Waals surface area contributed by atoms with Crippen LogP contribution in [0, 0.1) is 22.7 Å². The van der Waals surface area contributed by atoms with Crippen molar-refractivity contribution in [3.05, 3.63) is 0 Å². The fourth-order valence-electron chi connectivity index (χ4n) is 1.76. The highest BCUT2D eigenvalue weighted by atomic mass is 16.5. The maximum atomic E-state index is 9.78. The van der Waals surface area contributed by atoms with Crippen molar-refractivity contribution in [2.24, 2.45) is 11.3 Å². The van der Waals surface area contributed by atoms with Gasteiger partial charge in [0.25, 0.3) is 0 Å². The zero-order valence-electron chi connectivity index (χ0n) is 8.99. The minimum atomic E-state index is -0.368. The van der Waals surface area contributed by atoms with Crippen LogP contribution in [-0.2, 0) is 4.74 Å². The van der Waals surface area contributed by atoms with Gasteiger partial charge in [0, 0.05) is 13.2 Å². The molecule has 3 heteroatoms. The summed E-state index contributed by atoms with van der Waals surface area (Å²) < 4.78 is 5.24. The number of hydrogen-bond acceptors (Lipinski definition) is 3. The zero-order valence-corrected chi connectivity index (χ0v) is 8.99.